The maximum absolute atomic E-state index is 5.69. The number of piperidine rings is 1. The normalized spacial score (nSPS) is 27.7. The van der Waals surface area contributed by atoms with Crippen LogP contribution in [-0.2, 0) is 0 Å². The van der Waals surface area contributed by atoms with Crippen molar-refractivity contribution in [2.45, 2.75) is 31.1 Å². The summed E-state index contributed by atoms with van der Waals surface area (Å²) in [7, 11) is 2.17. The number of hydrogen-bond donors (Lipinski definition) is 1. The van der Waals surface area contributed by atoms with Gasteiger partial charge in [0.05, 0.1) is 5.69 Å². The number of nitrogens with one attached hydrogen (secondary N) is 1. The highest BCUT2D eigenvalue weighted by Crippen LogP contribution is 2.29. The fraction of sp³-hybridized carbons (Fsp3) is 0.769. The molecule has 4 heteroatoms. The van der Waals surface area contributed by atoms with E-state index in [1.54, 1.807) is 0 Å². The average molecular weight is 235 g/mol. The Morgan fingerprint density at radius 1 is 1.29 bits per heavy atom. The third-order valence-corrected chi connectivity index (χ3v) is 4.04. The summed E-state index contributed by atoms with van der Waals surface area (Å²) in [5, 5.41) is 3.38. The van der Waals surface area contributed by atoms with Crippen molar-refractivity contribution in [3.63, 3.8) is 0 Å². The predicted octanol–water partition coefficient (Wildman–Crippen LogP) is 1.56. The molecule has 17 heavy (non-hydrogen) atoms. The second kappa shape index (κ2) is 4.78. The van der Waals surface area contributed by atoms with E-state index in [2.05, 4.69) is 17.3 Å². The van der Waals surface area contributed by atoms with Gasteiger partial charge in [-0.05, 0) is 45.9 Å². The van der Waals surface area contributed by atoms with Crippen LogP contribution in [0.2, 0.25) is 0 Å². The number of rotatable bonds is 2. The Morgan fingerprint density at radius 3 is 2.82 bits per heavy atom. The predicted molar refractivity (Wildman–Crippen MR) is 66.2 cm³/mol. The van der Waals surface area contributed by atoms with Crippen molar-refractivity contribution in [2.24, 2.45) is 0 Å². The molecular formula is C13H21N3O. The number of oxazole rings is 1. The van der Waals surface area contributed by atoms with Crippen LogP contribution in [-0.4, -0.2) is 43.1 Å². The molecule has 1 N–H and O–H groups in total. The first-order valence-corrected chi connectivity index (χ1v) is 6.67. The molecule has 2 aliphatic heterocycles. The second-order valence-corrected chi connectivity index (χ2v) is 5.38. The van der Waals surface area contributed by atoms with E-state index in [-0.39, 0.29) is 0 Å². The fourth-order valence-corrected chi connectivity index (χ4v) is 2.92. The Bertz CT molecular complexity index is 351. The quantitative estimate of drug-likeness (QED) is 0.844. The van der Waals surface area contributed by atoms with E-state index in [4.69, 9.17) is 9.40 Å². The lowest BCUT2D eigenvalue weighted by molar-refractivity contribution is 0.374. The van der Waals surface area contributed by atoms with Crippen molar-refractivity contribution in [3.8, 4) is 0 Å². The van der Waals surface area contributed by atoms with Gasteiger partial charge in [-0.2, -0.15) is 0 Å². The summed E-state index contributed by atoms with van der Waals surface area (Å²) in [6.07, 6.45) is 5.42. The van der Waals surface area contributed by atoms with Crippen LogP contribution in [0, 0.1) is 0 Å². The molecule has 2 saturated heterocycles. The highest BCUT2D eigenvalue weighted by molar-refractivity contribution is 5.09. The van der Waals surface area contributed by atoms with Gasteiger partial charge >= 0.3 is 0 Å². The zero-order chi connectivity index (χ0) is 11.7. The molecule has 0 radical (unpaired) electrons. The maximum Gasteiger partial charge on any atom is 0.197 e. The smallest absolute Gasteiger partial charge is 0.197 e. The van der Waals surface area contributed by atoms with Crippen LogP contribution < -0.4 is 5.32 Å². The van der Waals surface area contributed by atoms with Gasteiger partial charge in [0.2, 0.25) is 0 Å². The van der Waals surface area contributed by atoms with E-state index < -0.39 is 0 Å². The summed E-state index contributed by atoms with van der Waals surface area (Å²) in [6, 6.07) is 0. The minimum Gasteiger partial charge on any atom is -0.448 e. The van der Waals surface area contributed by atoms with Crippen molar-refractivity contribution >= 4 is 0 Å². The average Bonchev–Trinajstić information content (AvgIpc) is 2.98. The van der Waals surface area contributed by atoms with Gasteiger partial charge in [0.1, 0.15) is 6.26 Å². The molecule has 1 atom stereocenters. The highest BCUT2D eigenvalue weighted by atomic mass is 16.3. The molecule has 2 aliphatic rings. The summed E-state index contributed by atoms with van der Waals surface area (Å²) >= 11 is 0. The van der Waals surface area contributed by atoms with Crippen LogP contribution in [0.5, 0.6) is 0 Å². The van der Waals surface area contributed by atoms with Gasteiger partial charge in [0.15, 0.2) is 5.89 Å². The summed E-state index contributed by atoms with van der Waals surface area (Å²) in [4.78, 5) is 7.09. The Hall–Kier alpha value is -0.870. The van der Waals surface area contributed by atoms with Crippen LogP contribution >= 0.6 is 0 Å². The van der Waals surface area contributed by atoms with Gasteiger partial charge in [0.25, 0.3) is 0 Å². The SMILES string of the molecule is CN1CCC(c2coc(C3CCNCC3)n2)C1. The van der Waals surface area contributed by atoms with Gasteiger partial charge in [-0.25, -0.2) is 4.98 Å². The van der Waals surface area contributed by atoms with E-state index in [1.165, 1.54) is 18.7 Å². The van der Waals surface area contributed by atoms with E-state index >= 15 is 0 Å². The number of nitrogens with zero attached hydrogens (tertiary/aromatic N) is 2. The van der Waals surface area contributed by atoms with Gasteiger partial charge in [0, 0.05) is 18.4 Å². The largest absolute Gasteiger partial charge is 0.448 e. The molecule has 1 aromatic rings. The first kappa shape index (κ1) is 11.2. The molecular weight excluding hydrogens is 214 g/mol. The van der Waals surface area contributed by atoms with Crippen molar-refractivity contribution in [1.29, 1.82) is 0 Å². The third-order valence-electron chi connectivity index (χ3n) is 4.04. The molecule has 0 spiro atoms. The lowest BCUT2D eigenvalue weighted by Gasteiger charge is -2.19. The fourth-order valence-electron chi connectivity index (χ4n) is 2.92. The molecule has 1 aromatic heterocycles. The van der Waals surface area contributed by atoms with Crippen molar-refractivity contribution in [1.82, 2.24) is 15.2 Å². The van der Waals surface area contributed by atoms with Gasteiger partial charge < -0.3 is 14.6 Å². The third kappa shape index (κ3) is 2.38. The Labute approximate surface area is 102 Å². The monoisotopic (exact) mass is 235 g/mol. The van der Waals surface area contributed by atoms with Crippen molar-refractivity contribution < 1.29 is 4.42 Å². The minimum atomic E-state index is 0.532. The van der Waals surface area contributed by atoms with E-state index in [0.29, 0.717) is 11.8 Å². The Kier molecular flexibility index (Phi) is 3.16. The Balaban J connectivity index is 1.69. The lowest BCUT2D eigenvalue weighted by atomic mass is 9.98. The summed E-state index contributed by atoms with van der Waals surface area (Å²) in [5.41, 5.74) is 1.17. The molecule has 3 rings (SSSR count). The second-order valence-electron chi connectivity index (χ2n) is 5.38. The molecule has 3 heterocycles. The Morgan fingerprint density at radius 2 is 2.12 bits per heavy atom. The standard InChI is InChI=1S/C13H21N3O/c1-16-7-4-11(8-16)12-9-17-13(15-12)10-2-5-14-6-3-10/h9-11,14H,2-8H2,1H3. The lowest BCUT2D eigenvalue weighted by Crippen LogP contribution is -2.26. The van der Waals surface area contributed by atoms with Crippen LogP contribution in [0.4, 0.5) is 0 Å². The van der Waals surface area contributed by atoms with Crippen LogP contribution in [0.25, 0.3) is 0 Å². The van der Waals surface area contributed by atoms with Crippen molar-refractivity contribution in [3.05, 3.63) is 17.8 Å². The molecule has 1 unspecified atom stereocenters. The van der Waals surface area contributed by atoms with Gasteiger partial charge in [-0.1, -0.05) is 0 Å². The molecule has 2 fully saturated rings. The van der Waals surface area contributed by atoms with E-state index in [9.17, 15) is 0 Å². The van der Waals surface area contributed by atoms with Crippen LogP contribution in [0.15, 0.2) is 10.7 Å². The molecule has 94 valence electrons. The zero-order valence-electron chi connectivity index (χ0n) is 10.5. The maximum atomic E-state index is 5.69. The highest BCUT2D eigenvalue weighted by Gasteiger charge is 2.26. The van der Waals surface area contributed by atoms with Crippen LogP contribution in [0.3, 0.4) is 0 Å². The van der Waals surface area contributed by atoms with Crippen LogP contribution in [0.1, 0.15) is 42.7 Å². The van der Waals surface area contributed by atoms with Crippen molar-refractivity contribution in [2.75, 3.05) is 33.2 Å². The summed E-state index contributed by atoms with van der Waals surface area (Å²) < 4.78 is 5.69. The van der Waals surface area contributed by atoms with E-state index in [1.807, 2.05) is 6.26 Å². The molecule has 0 aliphatic carbocycles. The molecule has 0 bridgehead atoms. The summed E-state index contributed by atoms with van der Waals surface area (Å²) in [6.45, 7) is 4.49. The topological polar surface area (TPSA) is 41.3 Å². The number of aromatic nitrogens is 1. The number of likely N-dealkylation sites (N-methyl/N-ethyl adjacent to an activating group) is 1. The molecule has 0 saturated carbocycles. The molecule has 4 nitrogen and oxygen atoms in total. The van der Waals surface area contributed by atoms with E-state index in [0.717, 1.165) is 38.4 Å². The first-order chi connectivity index (χ1) is 8.33. The summed E-state index contributed by atoms with van der Waals surface area (Å²) in [5.74, 6) is 2.08. The molecule has 0 aromatic carbocycles. The number of likely N-dealkylation sites (tertiary alicyclic amines) is 1. The van der Waals surface area contributed by atoms with Gasteiger partial charge in [-0.15, -0.1) is 0 Å². The zero-order valence-corrected chi connectivity index (χ0v) is 10.5. The number of hydrogen-bond acceptors (Lipinski definition) is 4. The minimum absolute atomic E-state index is 0.532. The first-order valence-electron chi connectivity index (χ1n) is 6.67. The van der Waals surface area contributed by atoms with Gasteiger partial charge in [-0.3, -0.25) is 0 Å². The molecule has 0 amide bonds.